The van der Waals surface area contributed by atoms with Crippen molar-refractivity contribution in [2.75, 3.05) is 6.26 Å². The predicted molar refractivity (Wildman–Crippen MR) is 66.0 cm³/mol. The Hall–Kier alpha value is -1.75. The van der Waals surface area contributed by atoms with Gasteiger partial charge in [0.05, 0.1) is 5.69 Å². The van der Waals surface area contributed by atoms with Crippen molar-refractivity contribution in [3.63, 3.8) is 0 Å². The van der Waals surface area contributed by atoms with Crippen LogP contribution in [0.1, 0.15) is 5.82 Å². The van der Waals surface area contributed by atoms with Crippen LogP contribution in [0.15, 0.2) is 42.6 Å². The molecule has 0 N–H and O–H groups in total. The van der Waals surface area contributed by atoms with Gasteiger partial charge in [0, 0.05) is 18.0 Å². The molecular formula is C12H12N2O2S. The maximum atomic E-state index is 11.2. The Labute approximate surface area is 100 Å². The van der Waals surface area contributed by atoms with Crippen LogP contribution in [-0.4, -0.2) is 24.6 Å². The third-order valence-corrected chi connectivity index (χ3v) is 2.95. The average Bonchev–Trinajstić information content (AvgIpc) is 2.28. The zero-order valence-corrected chi connectivity index (χ0v) is 10.2. The first-order chi connectivity index (χ1) is 8.04. The van der Waals surface area contributed by atoms with Crippen LogP contribution in [0.2, 0.25) is 0 Å². The third kappa shape index (κ3) is 3.35. The molecule has 0 saturated carbocycles. The minimum Gasteiger partial charge on any atom is -0.240 e. The molecule has 0 aliphatic rings. The van der Waals surface area contributed by atoms with E-state index in [4.69, 9.17) is 0 Å². The van der Waals surface area contributed by atoms with Gasteiger partial charge in [0.15, 0.2) is 9.84 Å². The van der Waals surface area contributed by atoms with E-state index in [0.29, 0.717) is 5.82 Å². The Morgan fingerprint density at radius 2 is 1.82 bits per heavy atom. The summed E-state index contributed by atoms with van der Waals surface area (Å²) in [4.78, 5) is 8.20. The molecule has 17 heavy (non-hydrogen) atoms. The fraction of sp³-hybridized carbons (Fsp3) is 0.167. The maximum Gasteiger partial charge on any atom is 0.154 e. The van der Waals surface area contributed by atoms with Crippen LogP contribution >= 0.6 is 0 Å². The van der Waals surface area contributed by atoms with E-state index in [1.165, 1.54) is 6.26 Å². The molecule has 0 aliphatic carbocycles. The molecule has 4 nitrogen and oxygen atoms in total. The van der Waals surface area contributed by atoms with Crippen molar-refractivity contribution in [3.8, 4) is 11.3 Å². The number of hydrogen-bond donors (Lipinski definition) is 0. The zero-order valence-electron chi connectivity index (χ0n) is 9.37. The van der Waals surface area contributed by atoms with Gasteiger partial charge < -0.3 is 0 Å². The minimum atomic E-state index is -3.10. The van der Waals surface area contributed by atoms with Crippen molar-refractivity contribution < 1.29 is 8.42 Å². The largest absolute Gasteiger partial charge is 0.240 e. The summed E-state index contributed by atoms with van der Waals surface area (Å²) in [5.41, 5.74) is 1.68. The van der Waals surface area contributed by atoms with Crippen molar-refractivity contribution in [2.24, 2.45) is 0 Å². The number of hydrogen-bond acceptors (Lipinski definition) is 4. The van der Waals surface area contributed by atoms with E-state index in [1.807, 2.05) is 30.3 Å². The monoisotopic (exact) mass is 248 g/mol. The summed E-state index contributed by atoms with van der Waals surface area (Å²) in [7, 11) is -3.10. The lowest BCUT2D eigenvalue weighted by molar-refractivity contribution is 0.599. The molecule has 88 valence electrons. The van der Waals surface area contributed by atoms with Gasteiger partial charge in [-0.25, -0.2) is 18.4 Å². The molecule has 1 aromatic carbocycles. The van der Waals surface area contributed by atoms with Crippen LogP contribution in [-0.2, 0) is 15.6 Å². The molecule has 0 unspecified atom stereocenters. The Kier molecular flexibility index (Phi) is 3.19. The van der Waals surface area contributed by atoms with Crippen molar-refractivity contribution in [3.05, 3.63) is 48.4 Å². The second kappa shape index (κ2) is 4.63. The lowest BCUT2D eigenvalue weighted by Gasteiger charge is -2.02. The summed E-state index contributed by atoms with van der Waals surface area (Å²) in [6.07, 6.45) is 2.75. The van der Waals surface area contributed by atoms with Crippen LogP contribution in [0.25, 0.3) is 11.3 Å². The molecule has 2 aromatic rings. The quantitative estimate of drug-likeness (QED) is 0.829. The van der Waals surface area contributed by atoms with Gasteiger partial charge in [-0.3, -0.25) is 0 Å². The van der Waals surface area contributed by atoms with Gasteiger partial charge >= 0.3 is 0 Å². The summed E-state index contributed by atoms with van der Waals surface area (Å²) < 4.78 is 22.3. The van der Waals surface area contributed by atoms with E-state index >= 15 is 0 Å². The molecule has 2 rings (SSSR count). The zero-order chi connectivity index (χ0) is 12.3. The van der Waals surface area contributed by atoms with Gasteiger partial charge in [-0.05, 0) is 6.07 Å². The number of rotatable bonds is 3. The highest BCUT2D eigenvalue weighted by Crippen LogP contribution is 2.15. The Bertz CT molecular complexity index is 609. The van der Waals surface area contributed by atoms with E-state index in [1.54, 1.807) is 12.3 Å². The van der Waals surface area contributed by atoms with Crippen molar-refractivity contribution in [1.29, 1.82) is 0 Å². The highest BCUT2D eigenvalue weighted by Gasteiger charge is 2.08. The summed E-state index contributed by atoms with van der Waals surface area (Å²) in [6.45, 7) is 0. The van der Waals surface area contributed by atoms with Crippen molar-refractivity contribution in [1.82, 2.24) is 9.97 Å². The minimum absolute atomic E-state index is 0.131. The first kappa shape index (κ1) is 11.7. The van der Waals surface area contributed by atoms with E-state index in [9.17, 15) is 8.42 Å². The molecule has 0 spiro atoms. The maximum absolute atomic E-state index is 11.2. The van der Waals surface area contributed by atoms with Gasteiger partial charge in [-0.15, -0.1) is 0 Å². The van der Waals surface area contributed by atoms with Crippen molar-refractivity contribution >= 4 is 9.84 Å². The fourth-order valence-corrected chi connectivity index (χ4v) is 2.08. The molecule has 5 heteroatoms. The second-order valence-electron chi connectivity index (χ2n) is 3.79. The van der Waals surface area contributed by atoms with Gasteiger partial charge in [0.25, 0.3) is 0 Å². The third-order valence-electron chi connectivity index (χ3n) is 2.17. The fourth-order valence-electron chi connectivity index (χ4n) is 1.47. The normalized spacial score (nSPS) is 11.4. The standard InChI is InChI=1S/C12H12N2O2S/c1-17(15,16)9-12-13-8-7-11(14-12)10-5-3-2-4-6-10/h2-8H,9H2,1H3. The molecule has 0 fully saturated rings. The molecule has 0 aliphatic heterocycles. The lowest BCUT2D eigenvalue weighted by Crippen LogP contribution is -2.05. The van der Waals surface area contributed by atoms with Crippen LogP contribution < -0.4 is 0 Å². The SMILES string of the molecule is CS(=O)(=O)Cc1nccc(-c2ccccc2)n1. The summed E-state index contributed by atoms with van der Waals surface area (Å²) in [5, 5.41) is 0. The lowest BCUT2D eigenvalue weighted by atomic mass is 10.1. The number of aromatic nitrogens is 2. The molecule has 1 heterocycles. The first-order valence-electron chi connectivity index (χ1n) is 5.10. The topological polar surface area (TPSA) is 59.9 Å². The first-order valence-corrected chi connectivity index (χ1v) is 7.16. The Morgan fingerprint density at radius 1 is 1.12 bits per heavy atom. The summed E-state index contributed by atoms with van der Waals surface area (Å²) in [5.74, 6) is 0.196. The number of nitrogens with zero attached hydrogens (tertiary/aromatic N) is 2. The smallest absolute Gasteiger partial charge is 0.154 e. The second-order valence-corrected chi connectivity index (χ2v) is 5.93. The van der Waals surface area contributed by atoms with Crippen LogP contribution in [0.3, 0.4) is 0 Å². The number of sulfone groups is 1. The molecular weight excluding hydrogens is 236 g/mol. The summed E-state index contributed by atoms with van der Waals surface area (Å²) >= 11 is 0. The van der Waals surface area contributed by atoms with Crippen LogP contribution in [0.4, 0.5) is 0 Å². The van der Waals surface area contributed by atoms with Gasteiger partial charge in [-0.2, -0.15) is 0 Å². The van der Waals surface area contributed by atoms with E-state index in [0.717, 1.165) is 11.3 Å². The van der Waals surface area contributed by atoms with Crippen molar-refractivity contribution in [2.45, 2.75) is 5.75 Å². The molecule has 0 bridgehead atoms. The highest BCUT2D eigenvalue weighted by atomic mass is 32.2. The molecule has 0 saturated heterocycles. The molecule has 0 radical (unpaired) electrons. The van der Waals surface area contributed by atoms with E-state index in [2.05, 4.69) is 9.97 Å². The summed E-state index contributed by atoms with van der Waals surface area (Å²) in [6, 6.07) is 11.4. The number of benzene rings is 1. The highest BCUT2D eigenvalue weighted by molar-refractivity contribution is 7.89. The van der Waals surface area contributed by atoms with Gasteiger partial charge in [0.1, 0.15) is 11.6 Å². The predicted octanol–water partition coefficient (Wildman–Crippen LogP) is 1.69. The Balaban J connectivity index is 2.36. The molecule has 1 aromatic heterocycles. The van der Waals surface area contributed by atoms with Gasteiger partial charge in [0.2, 0.25) is 0 Å². The molecule has 0 amide bonds. The van der Waals surface area contributed by atoms with Crippen LogP contribution in [0.5, 0.6) is 0 Å². The van der Waals surface area contributed by atoms with E-state index < -0.39 is 9.84 Å². The van der Waals surface area contributed by atoms with E-state index in [-0.39, 0.29) is 5.75 Å². The van der Waals surface area contributed by atoms with Crippen LogP contribution in [0, 0.1) is 0 Å². The average molecular weight is 248 g/mol. The Morgan fingerprint density at radius 3 is 2.47 bits per heavy atom. The van der Waals surface area contributed by atoms with Gasteiger partial charge in [-0.1, -0.05) is 30.3 Å². The molecule has 0 atom stereocenters.